The summed E-state index contributed by atoms with van der Waals surface area (Å²) in [5.74, 6) is -0.746. The van der Waals surface area contributed by atoms with Gasteiger partial charge in [-0.2, -0.15) is 18.3 Å². The summed E-state index contributed by atoms with van der Waals surface area (Å²) in [5, 5.41) is 6.70. The van der Waals surface area contributed by atoms with Crippen molar-refractivity contribution in [2.75, 3.05) is 19.6 Å². The molecule has 0 spiro atoms. The van der Waals surface area contributed by atoms with E-state index < -0.39 is 18.5 Å². The molecular formula is C15H23F3N4O. The third kappa shape index (κ3) is 5.23. The Morgan fingerprint density at radius 3 is 2.83 bits per heavy atom. The molecule has 1 saturated heterocycles. The Bertz CT molecular complexity index is 541. The number of alkyl halides is 3. The van der Waals surface area contributed by atoms with Gasteiger partial charge in [-0.25, -0.2) is 0 Å². The summed E-state index contributed by atoms with van der Waals surface area (Å²) in [6, 6.07) is 0. The first-order chi connectivity index (χ1) is 10.8. The molecule has 1 aliphatic rings. The van der Waals surface area contributed by atoms with E-state index in [4.69, 9.17) is 0 Å². The first-order valence-corrected chi connectivity index (χ1v) is 7.85. The zero-order valence-corrected chi connectivity index (χ0v) is 13.5. The first-order valence-electron chi connectivity index (χ1n) is 7.85. The van der Waals surface area contributed by atoms with Gasteiger partial charge >= 0.3 is 6.18 Å². The molecule has 1 aromatic heterocycles. The number of carbonyl (C=O) groups is 1. The van der Waals surface area contributed by atoms with Crippen LogP contribution in [0.3, 0.4) is 0 Å². The van der Waals surface area contributed by atoms with E-state index in [0.717, 1.165) is 38.3 Å². The van der Waals surface area contributed by atoms with Crippen molar-refractivity contribution in [3.8, 4) is 0 Å². The van der Waals surface area contributed by atoms with Crippen molar-refractivity contribution in [3.05, 3.63) is 17.5 Å². The summed E-state index contributed by atoms with van der Waals surface area (Å²) >= 11 is 0. The smallest absolute Gasteiger partial charge is 0.355 e. The van der Waals surface area contributed by atoms with Gasteiger partial charge < -0.3 is 5.32 Å². The topological polar surface area (TPSA) is 50.2 Å². The lowest BCUT2D eigenvalue weighted by atomic mass is 10.1. The molecule has 0 bridgehead atoms. The number of amides is 1. The van der Waals surface area contributed by atoms with E-state index in [9.17, 15) is 18.0 Å². The minimum Gasteiger partial charge on any atom is -0.355 e. The molecule has 2 rings (SSSR count). The zero-order chi connectivity index (χ0) is 17.0. The number of likely N-dealkylation sites (tertiary alicyclic amines) is 1. The van der Waals surface area contributed by atoms with Crippen molar-refractivity contribution in [1.82, 2.24) is 20.0 Å². The average molecular weight is 332 g/mol. The van der Waals surface area contributed by atoms with Crippen molar-refractivity contribution in [2.24, 2.45) is 5.92 Å². The number of nitrogens with one attached hydrogen (secondary N) is 1. The van der Waals surface area contributed by atoms with E-state index in [1.165, 1.54) is 5.56 Å². The van der Waals surface area contributed by atoms with Crippen LogP contribution in [0.4, 0.5) is 13.2 Å². The fraction of sp³-hybridized carbons (Fsp3) is 0.733. The molecule has 1 aliphatic heterocycles. The highest BCUT2D eigenvalue weighted by Crippen LogP contribution is 2.21. The number of rotatable bonds is 6. The SMILES string of the molecule is CCn1ncc(CN2CC[C@@H](CNC(=O)CC(F)(F)F)C2)c1C. The van der Waals surface area contributed by atoms with Crippen LogP contribution < -0.4 is 5.32 Å². The number of nitrogens with zero attached hydrogens (tertiary/aromatic N) is 3. The lowest BCUT2D eigenvalue weighted by molar-refractivity contribution is -0.153. The molecule has 1 fully saturated rings. The molecule has 1 atom stereocenters. The van der Waals surface area contributed by atoms with E-state index in [0.29, 0.717) is 6.54 Å². The van der Waals surface area contributed by atoms with Gasteiger partial charge in [-0.3, -0.25) is 14.4 Å². The monoisotopic (exact) mass is 332 g/mol. The second kappa shape index (κ2) is 7.33. The van der Waals surface area contributed by atoms with Crippen LogP contribution >= 0.6 is 0 Å². The van der Waals surface area contributed by atoms with Crippen LogP contribution in [0.5, 0.6) is 0 Å². The van der Waals surface area contributed by atoms with Crippen LogP contribution in [0.15, 0.2) is 6.20 Å². The maximum absolute atomic E-state index is 12.1. The summed E-state index contributed by atoms with van der Waals surface area (Å²) in [5.41, 5.74) is 2.32. The number of aryl methyl sites for hydroxylation is 1. The van der Waals surface area contributed by atoms with Gasteiger partial charge in [-0.05, 0) is 32.7 Å². The van der Waals surface area contributed by atoms with Crippen LogP contribution in [-0.4, -0.2) is 46.4 Å². The summed E-state index contributed by atoms with van der Waals surface area (Å²) < 4.78 is 38.3. The van der Waals surface area contributed by atoms with Gasteiger partial charge in [0.25, 0.3) is 0 Å². The molecule has 23 heavy (non-hydrogen) atoms. The second-order valence-electron chi connectivity index (χ2n) is 6.06. The van der Waals surface area contributed by atoms with Gasteiger partial charge in [0.05, 0.1) is 6.20 Å². The molecule has 0 aliphatic carbocycles. The van der Waals surface area contributed by atoms with Crippen molar-refractivity contribution < 1.29 is 18.0 Å². The number of halogens is 3. The molecule has 1 amide bonds. The highest BCUT2D eigenvalue weighted by atomic mass is 19.4. The lowest BCUT2D eigenvalue weighted by Gasteiger charge is -2.16. The molecule has 8 heteroatoms. The number of aromatic nitrogens is 2. The normalized spacial score (nSPS) is 19.3. The molecule has 0 saturated carbocycles. The Morgan fingerprint density at radius 1 is 1.48 bits per heavy atom. The van der Waals surface area contributed by atoms with Gasteiger partial charge in [0, 0.05) is 37.4 Å². The van der Waals surface area contributed by atoms with Gasteiger partial charge in [-0.15, -0.1) is 0 Å². The zero-order valence-electron chi connectivity index (χ0n) is 13.5. The van der Waals surface area contributed by atoms with E-state index in [-0.39, 0.29) is 5.92 Å². The van der Waals surface area contributed by atoms with E-state index >= 15 is 0 Å². The number of hydrogen-bond acceptors (Lipinski definition) is 3. The van der Waals surface area contributed by atoms with Gasteiger partial charge in [0.1, 0.15) is 6.42 Å². The van der Waals surface area contributed by atoms with Crippen LogP contribution in [-0.2, 0) is 17.9 Å². The van der Waals surface area contributed by atoms with Crippen LogP contribution in [0, 0.1) is 12.8 Å². The quantitative estimate of drug-likeness (QED) is 0.868. The predicted molar refractivity (Wildman–Crippen MR) is 79.7 cm³/mol. The van der Waals surface area contributed by atoms with Crippen LogP contribution in [0.2, 0.25) is 0 Å². The molecule has 1 aromatic rings. The number of carbonyl (C=O) groups excluding carboxylic acids is 1. The standard InChI is InChI=1S/C15H23F3N4O/c1-3-22-11(2)13(8-20-22)10-21-5-4-12(9-21)7-19-14(23)6-15(16,17)18/h8,12H,3-7,9-10H2,1-2H3,(H,19,23)/t12-/m0/s1. The predicted octanol–water partition coefficient (Wildman–Crippen LogP) is 2.10. The third-order valence-electron chi connectivity index (χ3n) is 4.22. The Balaban J connectivity index is 1.75. The Kier molecular flexibility index (Phi) is 5.67. The fourth-order valence-corrected chi connectivity index (χ4v) is 2.93. The first kappa shape index (κ1) is 17.8. The Morgan fingerprint density at radius 2 is 2.22 bits per heavy atom. The van der Waals surface area contributed by atoms with Crippen molar-refractivity contribution in [1.29, 1.82) is 0 Å². The molecule has 0 unspecified atom stereocenters. The highest BCUT2D eigenvalue weighted by Gasteiger charge is 2.31. The van der Waals surface area contributed by atoms with E-state index in [2.05, 4.69) is 15.3 Å². The number of hydrogen-bond donors (Lipinski definition) is 1. The van der Waals surface area contributed by atoms with Crippen LogP contribution in [0.25, 0.3) is 0 Å². The van der Waals surface area contributed by atoms with Crippen molar-refractivity contribution in [3.63, 3.8) is 0 Å². The summed E-state index contributed by atoms with van der Waals surface area (Å²) in [6.45, 7) is 7.67. The largest absolute Gasteiger partial charge is 0.397 e. The van der Waals surface area contributed by atoms with E-state index in [1.807, 2.05) is 24.7 Å². The molecule has 0 radical (unpaired) electrons. The van der Waals surface area contributed by atoms with Gasteiger partial charge in [0.15, 0.2) is 0 Å². The Labute approximate surface area is 133 Å². The van der Waals surface area contributed by atoms with Crippen LogP contribution in [0.1, 0.15) is 31.0 Å². The van der Waals surface area contributed by atoms with E-state index in [1.54, 1.807) is 0 Å². The summed E-state index contributed by atoms with van der Waals surface area (Å²) in [6.07, 6.45) is -3.09. The Hall–Kier alpha value is -1.57. The molecular weight excluding hydrogens is 309 g/mol. The minimum absolute atomic E-state index is 0.203. The fourth-order valence-electron chi connectivity index (χ4n) is 2.93. The van der Waals surface area contributed by atoms with Gasteiger partial charge in [-0.1, -0.05) is 0 Å². The van der Waals surface area contributed by atoms with Gasteiger partial charge in [0.2, 0.25) is 5.91 Å². The maximum Gasteiger partial charge on any atom is 0.397 e. The van der Waals surface area contributed by atoms with Crippen molar-refractivity contribution in [2.45, 2.75) is 46.0 Å². The molecule has 1 N–H and O–H groups in total. The molecule has 0 aromatic carbocycles. The average Bonchev–Trinajstić information content (AvgIpc) is 3.03. The maximum atomic E-state index is 12.1. The second-order valence-corrected chi connectivity index (χ2v) is 6.06. The molecule has 130 valence electrons. The summed E-state index contributed by atoms with van der Waals surface area (Å²) in [7, 11) is 0. The third-order valence-corrected chi connectivity index (χ3v) is 4.22. The summed E-state index contributed by atoms with van der Waals surface area (Å²) in [4.78, 5) is 13.5. The minimum atomic E-state index is -4.44. The highest BCUT2D eigenvalue weighted by molar-refractivity contribution is 5.76. The van der Waals surface area contributed by atoms with Crippen molar-refractivity contribution >= 4 is 5.91 Å². The molecule has 2 heterocycles. The molecule has 5 nitrogen and oxygen atoms in total. The lowest BCUT2D eigenvalue weighted by Crippen LogP contribution is -2.33.